The van der Waals surface area contributed by atoms with E-state index in [0.29, 0.717) is 0 Å². The van der Waals surface area contributed by atoms with Gasteiger partial charge in [-0.15, -0.1) is 0 Å². The molecule has 15 heavy (non-hydrogen) atoms. The van der Waals surface area contributed by atoms with Crippen LogP contribution in [0.3, 0.4) is 0 Å². The summed E-state index contributed by atoms with van der Waals surface area (Å²) in [5.74, 6) is -11.6. The van der Waals surface area contributed by atoms with Crippen molar-refractivity contribution < 1.29 is 32.2 Å². The maximum Gasteiger partial charge on any atom is 0.204 e. The van der Waals surface area contributed by atoms with Crippen LogP contribution in [0.25, 0.3) is 0 Å². The van der Waals surface area contributed by atoms with Gasteiger partial charge in [-0.25, -0.2) is 8.78 Å². The maximum atomic E-state index is 12.9. The normalized spacial score (nSPS) is 10.2. The molecular formula is C8H3F4O3-. The van der Waals surface area contributed by atoms with E-state index >= 15 is 0 Å². The zero-order chi connectivity index (χ0) is 11.7. The van der Waals surface area contributed by atoms with Crippen molar-refractivity contribution in [1.82, 2.24) is 0 Å². The Hall–Kier alpha value is -1.79. The van der Waals surface area contributed by atoms with Gasteiger partial charge in [-0.2, -0.15) is 8.78 Å². The standard InChI is InChI=1S/C8H4F4O3/c1-15-7-5(11)3(9)2(8(13)14)4(10)6(7)12/h1H3,(H,13,14)/p-1. The monoisotopic (exact) mass is 223 g/mol. The molecule has 0 aromatic heterocycles. The largest absolute Gasteiger partial charge is 0.545 e. The lowest BCUT2D eigenvalue weighted by Crippen LogP contribution is -2.26. The second-order valence-electron chi connectivity index (χ2n) is 2.45. The van der Waals surface area contributed by atoms with Gasteiger partial charge in [0.25, 0.3) is 0 Å². The highest BCUT2D eigenvalue weighted by molar-refractivity contribution is 5.86. The Balaban J connectivity index is 3.66. The molecule has 0 radical (unpaired) electrons. The predicted octanol–water partition coefficient (Wildman–Crippen LogP) is 0.615. The maximum absolute atomic E-state index is 12.9. The van der Waals surface area contributed by atoms with E-state index in [9.17, 15) is 27.5 Å². The van der Waals surface area contributed by atoms with E-state index in [2.05, 4.69) is 4.74 Å². The van der Waals surface area contributed by atoms with Crippen molar-refractivity contribution in [2.75, 3.05) is 7.11 Å². The van der Waals surface area contributed by atoms with Gasteiger partial charge < -0.3 is 14.6 Å². The van der Waals surface area contributed by atoms with Gasteiger partial charge in [0.05, 0.1) is 18.6 Å². The first-order valence-corrected chi connectivity index (χ1v) is 3.53. The Morgan fingerprint density at radius 2 is 1.47 bits per heavy atom. The Morgan fingerprint density at radius 1 is 1.07 bits per heavy atom. The third-order valence-electron chi connectivity index (χ3n) is 1.63. The van der Waals surface area contributed by atoms with E-state index in [1.165, 1.54) is 0 Å². The lowest BCUT2D eigenvalue weighted by atomic mass is 10.1. The van der Waals surface area contributed by atoms with Gasteiger partial charge in [-0.3, -0.25) is 0 Å². The first-order chi connectivity index (χ1) is 6.91. The summed E-state index contributed by atoms with van der Waals surface area (Å²) in [6, 6.07) is 0. The third kappa shape index (κ3) is 1.60. The lowest BCUT2D eigenvalue weighted by Gasteiger charge is -2.10. The first-order valence-electron chi connectivity index (χ1n) is 3.53. The summed E-state index contributed by atoms with van der Waals surface area (Å²) >= 11 is 0. The van der Waals surface area contributed by atoms with Crippen LogP contribution in [0.4, 0.5) is 17.6 Å². The van der Waals surface area contributed by atoms with Gasteiger partial charge in [-0.05, 0) is 0 Å². The fourth-order valence-corrected chi connectivity index (χ4v) is 0.970. The van der Waals surface area contributed by atoms with E-state index < -0.39 is 40.6 Å². The molecule has 0 aliphatic carbocycles. The van der Waals surface area contributed by atoms with Gasteiger partial charge in [0, 0.05) is 0 Å². The van der Waals surface area contributed by atoms with Gasteiger partial charge in [0.15, 0.2) is 17.4 Å². The summed E-state index contributed by atoms with van der Waals surface area (Å²) in [5.41, 5.74) is -1.80. The summed E-state index contributed by atoms with van der Waals surface area (Å²) in [5, 5.41) is 10.2. The van der Waals surface area contributed by atoms with E-state index in [1.807, 2.05) is 0 Å². The van der Waals surface area contributed by atoms with Crippen molar-refractivity contribution in [3.63, 3.8) is 0 Å². The fourth-order valence-electron chi connectivity index (χ4n) is 0.970. The molecule has 0 saturated carbocycles. The van der Waals surface area contributed by atoms with E-state index in [4.69, 9.17) is 0 Å². The Labute approximate surface area is 80.9 Å². The Bertz CT molecular complexity index is 401. The number of carboxylic acid groups (broad SMARTS) is 1. The molecule has 0 heterocycles. The molecule has 82 valence electrons. The number of rotatable bonds is 2. The van der Waals surface area contributed by atoms with Crippen molar-refractivity contribution in [2.24, 2.45) is 0 Å². The molecule has 1 aromatic rings. The molecule has 0 atom stereocenters. The Morgan fingerprint density at radius 3 is 1.73 bits per heavy atom. The van der Waals surface area contributed by atoms with Crippen molar-refractivity contribution in [3.8, 4) is 5.75 Å². The van der Waals surface area contributed by atoms with Gasteiger partial charge in [0.2, 0.25) is 11.6 Å². The van der Waals surface area contributed by atoms with Gasteiger partial charge >= 0.3 is 0 Å². The molecule has 7 heteroatoms. The number of carbonyl (C=O) groups excluding carboxylic acids is 1. The second-order valence-corrected chi connectivity index (χ2v) is 2.45. The molecule has 0 aliphatic rings. The van der Waals surface area contributed by atoms with Crippen LogP contribution in [-0.2, 0) is 0 Å². The number of hydrogen-bond acceptors (Lipinski definition) is 3. The highest BCUT2D eigenvalue weighted by Crippen LogP contribution is 2.29. The number of carbonyl (C=O) groups is 1. The lowest BCUT2D eigenvalue weighted by molar-refractivity contribution is -0.255. The van der Waals surface area contributed by atoms with E-state index in [1.54, 1.807) is 0 Å². The van der Waals surface area contributed by atoms with E-state index in [0.717, 1.165) is 7.11 Å². The summed E-state index contributed by atoms with van der Waals surface area (Å²) < 4.78 is 55.5. The number of hydrogen-bond donors (Lipinski definition) is 0. The van der Waals surface area contributed by atoms with E-state index in [-0.39, 0.29) is 0 Å². The quantitative estimate of drug-likeness (QED) is 0.545. The highest BCUT2D eigenvalue weighted by atomic mass is 19.2. The summed E-state index contributed by atoms with van der Waals surface area (Å²) in [6.07, 6.45) is 0. The molecule has 3 nitrogen and oxygen atoms in total. The highest BCUT2D eigenvalue weighted by Gasteiger charge is 2.26. The molecule has 0 N–H and O–H groups in total. The van der Waals surface area contributed by atoms with Crippen LogP contribution in [0, 0.1) is 23.3 Å². The summed E-state index contributed by atoms with van der Waals surface area (Å²) in [7, 11) is 0.777. The zero-order valence-corrected chi connectivity index (χ0v) is 7.24. The number of halogens is 4. The molecular weight excluding hydrogens is 220 g/mol. The molecule has 0 spiro atoms. The smallest absolute Gasteiger partial charge is 0.204 e. The van der Waals surface area contributed by atoms with Gasteiger partial charge in [0.1, 0.15) is 0 Å². The van der Waals surface area contributed by atoms with Crippen molar-refractivity contribution in [3.05, 3.63) is 28.8 Å². The number of aromatic carboxylic acids is 1. The minimum atomic E-state index is -2.36. The molecule has 0 unspecified atom stereocenters. The molecule has 0 aliphatic heterocycles. The molecule has 0 amide bonds. The van der Waals surface area contributed by atoms with Crippen LogP contribution in [-0.4, -0.2) is 13.1 Å². The molecule has 0 saturated heterocycles. The molecule has 0 fully saturated rings. The van der Waals surface area contributed by atoms with Crippen LogP contribution in [0.2, 0.25) is 0 Å². The van der Waals surface area contributed by atoms with Crippen LogP contribution >= 0.6 is 0 Å². The number of ether oxygens (including phenoxy) is 1. The topological polar surface area (TPSA) is 49.4 Å². The average Bonchev–Trinajstić information content (AvgIpc) is 2.16. The first kappa shape index (κ1) is 11.3. The minimum absolute atomic E-state index is 0.777. The van der Waals surface area contributed by atoms with Crippen molar-refractivity contribution in [1.29, 1.82) is 0 Å². The summed E-state index contributed by atoms with van der Waals surface area (Å²) in [4.78, 5) is 10.2. The number of carboxylic acids is 1. The van der Waals surface area contributed by atoms with Gasteiger partial charge in [-0.1, -0.05) is 0 Å². The minimum Gasteiger partial charge on any atom is -0.545 e. The number of benzene rings is 1. The SMILES string of the molecule is COc1c(F)c(F)c(C(=O)[O-])c(F)c1F. The molecule has 0 bridgehead atoms. The van der Waals surface area contributed by atoms with Crippen molar-refractivity contribution in [2.45, 2.75) is 0 Å². The van der Waals surface area contributed by atoms with Crippen molar-refractivity contribution >= 4 is 5.97 Å². The fraction of sp³-hybridized carbons (Fsp3) is 0.125. The predicted molar refractivity (Wildman–Crippen MR) is 37.2 cm³/mol. The second kappa shape index (κ2) is 3.76. The van der Waals surface area contributed by atoms with Crippen LogP contribution in [0.15, 0.2) is 0 Å². The third-order valence-corrected chi connectivity index (χ3v) is 1.63. The Kier molecular flexibility index (Phi) is 2.83. The van der Waals surface area contributed by atoms with Crippen LogP contribution in [0.5, 0.6) is 5.75 Å². The van der Waals surface area contributed by atoms with Crippen LogP contribution < -0.4 is 9.84 Å². The molecule has 1 aromatic carbocycles. The number of methoxy groups -OCH3 is 1. The average molecular weight is 223 g/mol. The van der Waals surface area contributed by atoms with Crippen LogP contribution in [0.1, 0.15) is 10.4 Å². The zero-order valence-electron chi connectivity index (χ0n) is 7.24. The summed E-state index contributed by atoms with van der Waals surface area (Å²) in [6.45, 7) is 0. The molecule has 1 rings (SSSR count).